The van der Waals surface area contributed by atoms with Crippen molar-refractivity contribution in [2.24, 2.45) is 5.92 Å². The normalized spacial score (nSPS) is 32.7. The van der Waals surface area contributed by atoms with Crippen LogP contribution in [0.5, 0.6) is 0 Å². The first-order chi connectivity index (χ1) is 6.68. The standard InChI is InChI=1S/C12H21NO/c1-9-8-12(14)6-7-13(9)10(2)11-4-3-5-11/h9-11H,3-8H2,1-2H3. The van der Waals surface area contributed by atoms with Crippen LogP contribution in [0.3, 0.4) is 0 Å². The maximum atomic E-state index is 11.3. The summed E-state index contributed by atoms with van der Waals surface area (Å²) < 4.78 is 0. The highest BCUT2D eigenvalue weighted by Gasteiger charge is 2.33. The van der Waals surface area contributed by atoms with Crippen molar-refractivity contribution in [3.05, 3.63) is 0 Å². The molecule has 2 aliphatic rings. The first-order valence-corrected chi connectivity index (χ1v) is 5.96. The molecule has 0 spiro atoms. The molecule has 2 heteroatoms. The van der Waals surface area contributed by atoms with Crippen molar-refractivity contribution in [3.63, 3.8) is 0 Å². The first-order valence-electron chi connectivity index (χ1n) is 5.96. The van der Waals surface area contributed by atoms with Crippen molar-refractivity contribution < 1.29 is 4.79 Å². The molecule has 0 bridgehead atoms. The Morgan fingerprint density at radius 1 is 1.43 bits per heavy atom. The fraction of sp³-hybridized carbons (Fsp3) is 0.917. The molecule has 0 aromatic heterocycles. The lowest BCUT2D eigenvalue weighted by molar-refractivity contribution is -0.124. The van der Waals surface area contributed by atoms with Crippen molar-refractivity contribution in [1.29, 1.82) is 0 Å². The van der Waals surface area contributed by atoms with Crippen LogP contribution in [0.2, 0.25) is 0 Å². The van der Waals surface area contributed by atoms with Gasteiger partial charge >= 0.3 is 0 Å². The minimum absolute atomic E-state index is 0.453. The zero-order valence-electron chi connectivity index (χ0n) is 9.33. The smallest absolute Gasteiger partial charge is 0.135 e. The van der Waals surface area contributed by atoms with Crippen LogP contribution in [0.1, 0.15) is 46.0 Å². The van der Waals surface area contributed by atoms with E-state index in [1.165, 1.54) is 19.3 Å². The van der Waals surface area contributed by atoms with E-state index in [-0.39, 0.29) is 0 Å². The molecular weight excluding hydrogens is 174 g/mol. The number of nitrogens with zero attached hydrogens (tertiary/aromatic N) is 1. The number of piperidine rings is 1. The quantitative estimate of drug-likeness (QED) is 0.673. The number of likely N-dealkylation sites (tertiary alicyclic amines) is 1. The molecular formula is C12H21NO. The van der Waals surface area contributed by atoms with Crippen LogP contribution in [0.25, 0.3) is 0 Å². The number of hydrogen-bond donors (Lipinski definition) is 0. The Morgan fingerprint density at radius 2 is 2.14 bits per heavy atom. The van der Waals surface area contributed by atoms with E-state index in [9.17, 15) is 4.79 Å². The molecule has 1 aliphatic carbocycles. The first kappa shape index (κ1) is 10.2. The van der Waals surface area contributed by atoms with Gasteiger partial charge in [0, 0.05) is 31.5 Å². The Hall–Kier alpha value is -0.370. The van der Waals surface area contributed by atoms with E-state index in [1.54, 1.807) is 0 Å². The summed E-state index contributed by atoms with van der Waals surface area (Å²) in [6, 6.07) is 1.18. The van der Waals surface area contributed by atoms with Crippen molar-refractivity contribution in [2.75, 3.05) is 6.54 Å². The summed E-state index contributed by atoms with van der Waals surface area (Å²) in [7, 11) is 0. The second-order valence-electron chi connectivity index (χ2n) is 5.01. The molecule has 0 N–H and O–H groups in total. The van der Waals surface area contributed by atoms with E-state index in [0.29, 0.717) is 17.9 Å². The fourth-order valence-electron chi connectivity index (χ4n) is 2.82. The lowest BCUT2D eigenvalue weighted by atomic mass is 9.79. The number of hydrogen-bond acceptors (Lipinski definition) is 2. The molecule has 1 heterocycles. The van der Waals surface area contributed by atoms with E-state index >= 15 is 0 Å². The Balaban J connectivity index is 1.92. The molecule has 2 atom stereocenters. The van der Waals surface area contributed by atoms with Crippen LogP contribution in [0.4, 0.5) is 0 Å². The van der Waals surface area contributed by atoms with E-state index in [0.717, 1.165) is 25.3 Å². The third-order valence-corrected chi connectivity index (χ3v) is 4.09. The maximum absolute atomic E-state index is 11.3. The minimum Gasteiger partial charge on any atom is -0.300 e. The summed E-state index contributed by atoms with van der Waals surface area (Å²) >= 11 is 0. The summed E-state index contributed by atoms with van der Waals surface area (Å²) in [4.78, 5) is 13.8. The van der Waals surface area contributed by atoms with Gasteiger partial charge in [-0.15, -0.1) is 0 Å². The number of carbonyl (C=O) groups excluding carboxylic acids is 1. The molecule has 0 aromatic carbocycles. The van der Waals surface area contributed by atoms with Gasteiger partial charge in [0.1, 0.15) is 5.78 Å². The van der Waals surface area contributed by atoms with Gasteiger partial charge in [-0.2, -0.15) is 0 Å². The molecule has 2 rings (SSSR count). The third kappa shape index (κ3) is 1.85. The number of carbonyl (C=O) groups is 1. The molecule has 1 saturated heterocycles. The molecule has 0 amide bonds. The Bertz CT molecular complexity index is 222. The number of rotatable bonds is 2. The topological polar surface area (TPSA) is 20.3 Å². The fourth-order valence-corrected chi connectivity index (χ4v) is 2.82. The van der Waals surface area contributed by atoms with Gasteiger partial charge in [0.05, 0.1) is 0 Å². The Labute approximate surface area is 86.7 Å². The molecule has 1 aliphatic heterocycles. The lowest BCUT2D eigenvalue weighted by Gasteiger charge is -2.44. The summed E-state index contributed by atoms with van der Waals surface area (Å²) in [6.07, 6.45) is 5.77. The zero-order chi connectivity index (χ0) is 10.1. The molecule has 2 unspecified atom stereocenters. The molecule has 1 saturated carbocycles. The van der Waals surface area contributed by atoms with Crippen molar-refractivity contribution in [2.45, 2.75) is 58.0 Å². The van der Waals surface area contributed by atoms with Crippen LogP contribution in [-0.2, 0) is 4.79 Å². The monoisotopic (exact) mass is 195 g/mol. The van der Waals surface area contributed by atoms with Gasteiger partial charge in [0.25, 0.3) is 0 Å². The number of Topliss-reactive ketones (excluding diaryl/α,β-unsaturated/α-hetero) is 1. The molecule has 14 heavy (non-hydrogen) atoms. The lowest BCUT2D eigenvalue weighted by Crippen LogP contribution is -2.50. The number of ketones is 1. The van der Waals surface area contributed by atoms with Gasteiger partial charge < -0.3 is 0 Å². The summed E-state index contributed by atoms with van der Waals surface area (Å²) in [5, 5.41) is 0. The van der Waals surface area contributed by atoms with Crippen LogP contribution < -0.4 is 0 Å². The molecule has 2 fully saturated rings. The van der Waals surface area contributed by atoms with Crippen molar-refractivity contribution in [1.82, 2.24) is 4.90 Å². The van der Waals surface area contributed by atoms with Crippen LogP contribution >= 0.6 is 0 Å². The van der Waals surface area contributed by atoms with Crippen molar-refractivity contribution in [3.8, 4) is 0 Å². The van der Waals surface area contributed by atoms with E-state index in [1.807, 2.05) is 0 Å². The van der Waals surface area contributed by atoms with Crippen molar-refractivity contribution >= 4 is 5.78 Å². The second-order valence-corrected chi connectivity index (χ2v) is 5.01. The van der Waals surface area contributed by atoms with Gasteiger partial charge in [-0.25, -0.2) is 0 Å². The Kier molecular flexibility index (Phi) is 2.91. The highest BCUT2D eigenvalue weighted by Crippen LogP contribution is 2.34. The predicted octanol–water partition coefficient (Wildman–Crippen LogP) is 2.23. The Morgan fingerprint density at radius 3 is 2.64 bits per heavy atom. The van der Waals surface area contributed by atoms with Crippen LogP contribution in [0.15, 0.2) is 0 Å². The average Bonchev–Trinajstić information content (AvgIpc) is 2.00. The van der Waals surface area contributed by atoms with E-state index in [4.69, 9.17) is 0 Å². The third-order valence-electron chi connectivity index (χ3n) is 4.09. The van der Waals surface area contributed by atoms with Crippen LogP contribution in [0, 0.1) is 5.92 Å². The average molecular weight is 195 g/mol. The molecule has 0 radical (unpaired) electrons. The van der Waals surface area contributed by atoms with Gasteiger partial charge in [-0.1, -0.05) is 6.42 Å². The van der Waals surface area contributed by atoms with Gasteiger partial charge in [0.2, 0.25) is 0 Å². The largest absolute Gasteiger partial charge is 0.300 e. The molecule has 0 aromatic rings. The predicted molar refractivity (Wildman–Crippen MR) is 57.2 cm³/mol. The second kappa shape index (κ2) is 4.01. The summed E-state index contributed by atoms with van der Waals surface area (Å²) in [5.74, 6) is 1.36. The maximum Gasteiger partial charge on any atom is 0.135 e. The van der Waals surface area contributed by atoms with E-state index in [2.05, 4.69) is 18.7 Å². The zero-order valence-corrected chi connectivity index (χ0v) is 9.33. The highest BCUT2D eigenvalue weighted by atomic mass is 16.1. The summed E-state index contributed by atoms with van der Waals surface area (Å²) in [6.45, 7) is 5.54. The van der Waals surface area contributed by atoms with Gasteiger partial charge in [-0.3, -0.25) is 9.69 Å². The van der Waals surface area contributed by atoms with Crippen LogP contribution in [-0.4, -0.2) is 29.3 Å². The van der Waals surface area contributed by atoms with Gasteiger partial charge in [-0.05, 0) is 32.6 Å². The highest BCUT2D eigenvalue weighted by molar-refractivity contribution is 5.79. The van der Waals surface area contributed by atoms with Gasteiger partial charge in [0.15, 0.2) is 0 Å². The minimum atomic E-state index is 0.453. The SMILES string of the molecule is CC1CC(=O)CCN1C(C)C1CCC1. The summed E-state index contributed by atoms with van der Waals surface area (Å²) in [5.41, 5.74) is 0. The molecule has 2 nitrogen and oxygen atoms in total. The van der Waals surface area contributed by atoms with E-state index < -0.39 is 0 Å². The molecule has 80 valence electrons.